The number of rotatable bonds is 2. The van der Waals surface area contributed by atoms with Gasteiger partial charge in [-0.2, -0.15) is 4.98 Å². The van der Waals surface area contributed by atoms with Crippen LogP contribution in [0.1, 0.15) is 6.23 Å². The number of anilines is 1. The average molecular weight is 306 g/mol. The van der Waals surface area contributed by atoms with Gasteiger partial charge < -0.3 is 26.4 Å². The molecular formula is C12H14N6O4. The van der Waals surface area contributed by atoms with Crippen LogP contribution in [0.4, 0.5) is 5.95 Å². The first-order valence-electron chi connectivity index (χ1n) is 6.35. The number of hydrogen-bond donors (Lipinski definition) is 5. The van der Waals surface area contributed by atoms with Crippen molar-refractivity contribution in [3.05, 3.63) is 16.7 Å². The lowest BCUT2D eigenvalue weighted by Gasteiger charge is -2.27. The number of terminal acetylenes is 1. The van der Waals surface area contributed by atoms with Crippen LogP contribution in [0.3, 0.4) is 0 Å². The molecular weight excluding hydrogens is 292 g/mol. The molecule has 116 valence electrons. The van der Waals surface area contributed by atoms with Crippen molar-refractivity contribution >= 4 is 17.1 Å². The highest BCUT2D eigenvalue weighted by atomic mass is 16.5. The first-order chi connectivity index (χ1) is 10.4. The lowest BCUT2D eigenvalue weighted by atomic mass is 9.92. The van der Waals surface area contributed by atoms with Gasteiger partial charge in [0.15, 0.2) is 22.9 Å². The molecule has 7 N–H and O–H groups in total. The predicted octanol–water partition coefficient (Wildman–Crippen LogP) is -2.72. The molecule has 2 aromatic heterocycles. The summed E-state index contributed by atoms with van der Waals surface area (Å²) in [5.41, 5.74) is 9.57. The van der Waals surface area contributed by atoms with Crippen molar-refractivity contribution in [1.29, 1.82) is 0 Å². The number of nitrogens with one attached hydrogen (secondary N) is 1. The summed E-state index contributed by atoms with van der Waals surface area (Å²) in [6, 6.07) is 0. The van der Waals surface area contributed by atoms with E-state index in [0.29, 0.717) is 0 Å². The standard InChI is InChI=1S/C12H14N6O4/c1-2-12(14)7(20)5(3-19)22-10(12)18-4-15-6-8(18)16-11(13)17-9(6)21/h1,4-5,7,10,19-20H,3,14H2,(H3,13,16,17,21)/t5-,7?,10-,12?/m1/s1. The molecule has 10 heteroatoms. The van der Waals surface area contributed by atoms with Crippen LogP contribution in [0.2, 0.25) is 0 Å². The van der Waals surface area contributed by atoms with Crippen LogP contribution in [-0.2, 0) is 4.74 Å². The number of aliphatic hydroxyl groups is 2. The van der Waals surface area contributed by atoms with Crippen molar-refractivity contribution in [3.63, 3.8) is 0 Å². The van der Waals surface area contributed by atoms with E-state index in [9.17, 15) is 15.0 Å². The number of nitrogen functional groups attached to an aromatic ring is 1. The second-order valence-electron chi connectivity index (χ2n) is 5.01. The van der Waals surface area contributed by atoms with E-state index in [2.05, 4.69) is 20.9 Å². The van der Waals surface area contributed by atoms with Gasteiger partial charge >= 0.3 is 0 Å². The molecule has 0 aliphatic carbocycles. The average Bonchev–Trinajstić information content (AvgIpc) is 3.00. The van der Waals surface area contributed by atoms with E-state index in [0.717, 1.165) is 0 Å². The molecule has 1 aliphatic heterocycles. The van der Waals surface area contributed by atoms with Crippen LogP contribution in [0.25, 0.3) is 11.2 Å². The van der Waals surface area contributed by atoms with Crippen LogP contribution < -0.4 is 17.0 Å². The number of aliphatic hydroxyl groups excluding tert-OH is 2. The Balaban J connectivity index is 2.19. The minimum Gasteiger partial charge on any atom is -0.394 e. The number of fused-ring (bicyclic) bond motifs is 1. The van der Waals surface area contributed by atoms with Crippen molar-refractivity contribution in [1.82, 2.24) is 19.5 Å². The maximum absolute atomic E-state index is 11.8. The van der Waals surface area contributed by atoms with Gasteiger partial charge in [0, 0.05) is 0 Å². The van der Waals surface area contributed by atoms with Gasteiger partial charge in [0.1, 0.15) is 12.2 Å². The molecule has 0 radical (unpaired) electrons. The van der Waals surface area contributed by atoms with Gasteiger partial charge in [0.2, 0.25) is 5.95 Å². The van der Waals surface area contributed by atoms with Gasteiger partial charge in [-0.1, -0.05) is 5.92 Å². The van der Waals surface area contributed by atoms with E-state index in [1.54, 1.807) is 0 Å². The first kappa shape index (κ1) is 14.5. The number of nitrogens with two attached hydrogens (primary N) is 2. The second kappa shape index (κ2) is 4.79. The molecule has 3 heterocycles. The molecule has 2 unspecified atom stereocenters. The van der Waals surface area contributed by atoms with Crippen LogP contribution in [0.15, 0.2) is 11.1 Å². The number of aromatic amines is 1. The highest BCUT2D eigenvalue weighted by molar-refractivity contribution is 5.70. The van der Waals surface area contributed by atoms with Crippen LogP contribution in [-0.4, -0.2) is 54.1 Å². The fourth-order valence-electron chi connectivity index (χ4n) is 2.52. The summed E-state index contributed by atoms with van der Waals surface area (Å²) in [6.07, 6.45) is 3.36. The molecule has 10 nitrogen and oxygen atoms in total. The molecule has 22 heavy (non-hydrogen) atoms. The molecule has 2 aromatic rings. The zero-order valence-electron chi connectivity index (χ0n) is 11.3. The topological polar surface area (TPSA) is 165 Å². The Labute approximate surface area is 123 Å². The Morgan fingerprint density at radius 2 is 2.36 bits per heavy atom. The SMILES string of the molecule is C#CC1(N)C(O)[C@@H](CO)O[C@H]1n1cnc2c(=O)[nH]c(N)nc21. The Morgan fingerprint density at radius 3 is 3.00 bits per heavy atom. The zero-order chi connectivity index (χ0) is 16.1. The summed E-state index contributed by atoms with van der Waals surface area (Å²) in [7, 11) is 0. The predicted molar refractivity (Wildman–Crippen MR) is 75.3 cm³/mol. The van der Waals surface area contributed by atoms with E-state index in [-0.39, 0.29) is 17.1 Å². The summed E-state index contributed by atoms with van der Waals surface area (Å²) in [5.74, 6) is 2.17. The van der Waals surface area contributed by atoms with Crippen molar-refractivity contribution < 1.29 is 14.9 Å². The maximum Gasteiger partial charge on any atom is 0.280 e. The van der Waals surface area contributed by atoms with Gasteiger partial charge in [0.25, 0.3) is 5.56 Å². The van der Waals surface area contributed by atoms with Gasteiger partial charge in [-0.25, -0.2) is 4.98 Å². The molecule has 1 saturated heterocycles. The minimum atomic E-state index is -1.62. The van der Waals surface area contributed by atoms with Crippen LogP contribution in [0, 0.1) is 12.3 Å². The summed E-state index contributed by atoms with van der Waals surface area (Å²) in [6.45, 7) is -0.471. The lowest BCUT2D eigenvalue weighted by molar-refractivity contribution is -0.0447. The molecule has 0 aromatic carbocycles. The second-order valence-corrected chi connectivity index (χ2v) is 5.01. The first-order valence-corrected chi connectivity index (χ1v) is 6.35. The van der Waals surface area contributed by atoms with Crippen molar-refractivity contribution in [2.45, 2.75) is 24.0 Å². The molecule has 0 amide bonds. The van der Waals surface area contributed by atoms with Crippen molar-refractivity contribution in [3.8, 4) is 12.3 Å². The fourth-order valence-corrected chi connectivity index (χ4v) is 2.52. The number of H-pyrrole nitrogens is 1. The summed E-state index contributed by atoms with van der Waals surface area (Å²) in [4.78, 5) is 22.0. The number of nitrogens with zero attached hydrogens (tertiary/aromatic N) is 3. The largest absolute Gasteiger partial charge is 0.394 e. The van der Waals surface area contributed by atoms with E-state index in [4.69, 9.17) is 22.6 Å². The van der Waals surface area contributed by atoms with Gasteiger partial charge in [-0.05, 0) is 0 Å². The highest BCUT2D eigenvalue weighted by Gasteiger charge is 2.54. The third-order valence-electron chi connectivity index (χ3n) is 3.69. The summed E-state index contributed by atoms with van der Waals surface area (Å²) >= 11 is 0. The fraction of sp³-hybridized carbons (Fsp3) is 0.417. The van der Waals surface area contributed by atoms with Crippen LogP contribution in [0.5, 0.6) is 0 Å². The van der Waals surface area contributed by atoms with Gasteiger partial charge in [0.05, 0.1) is 12.9 Å². The number of hydrogen-bond acceptors (Lipinski definition) is 8. The van der Waals surface area contributed by atoms with E-state index >= 15 is 0 Å². The Morgan fingerprint density at radius 1 is 1.64 bits per heavy atom. The smallest absolute Gasteiger partial charge is 0.280 e. The zero-order valence-corrected chi connectivity index (χ0v) is 11.3. The molecule has 0 bridgehead atoms. The molecule has 3 rings (SSSR count). The Hall–Kier alpha value is -2.45. The normalized spacial score (nSPS) is 31.5. The van der Waals surface area contributed by atoms with E-state index in [1.807, 2.05) is 0 Å². The lowest BCUT2D eigenvalue weighted by Crippen LogP contribution is -2.53. The van der Waals surface area contributed by atoms with Gasteiger partial charge in [-0.3, -0.25) is 14.3 Å². The number of ether oxygens (including phenoxy) is 1. The summed E-state index contributed by atoms with van der Waals surface area (Å²) in [5, 5.41) is 19.4. The molecule has 0 spiro atoms. The molecule has 1 fully saturated rings. The molecule has 1 aliphatic rings. The van der Waals surface area contributed by atoms with E-state index in [1.165, 1.54) is 10.9 Å². The van der Waals surface area contributed by atoms with Crippen molar-refractivity contribution in [2.24, 2.45) is 5.73 Å². The van der Waals surface area contributed by atoms with Crippen molar-refractivity contribution in [2.75, 3.05) is 12.3 Å². The quantitative estimate of drug-likeness (QED) is 0.373. The number of aromatic nitrogens is 4. The Kier molecular flexibility index (Phi) is 3.15. The molecule has 4 atom stereocenters. The third-order valence-corrected chi connectivity index (χ3v) is 3.69. The summed E-state index contributed by atoms with van der Waals surface area (Å²) < 4.78 is 6.84. The highest BCUT2D eigenvalue weighted by Crippen LogP contribution is 2.37. The molecule has 0 saturated carbocycles. The van der Waals surface area contributed by atoms with E-state index < -0.39 is 36.1 Å². The number of imidazole rings is 1. The monoisotopic (exact) mass is 306 g/mol. The maximum atomic E-state index is 11.8. The van der Waals surface area contributed by atoms with Crippen LogP contribution >= 0.6 is 0 Å². The third kappa shape index (κ3) is 1.81. The van der Waals surface area contributed by atoms with Gasteiger partial charge in [-0.15, -0.1) is 6.42 Å². The minimum absolute atomic E-state index is 0.0270. The Bertz CT molecular complexity index is 823.